The molecule has 132 valence electrons. The lowest BCUT2D eigenvalue weighted by molar-refractivity contribution is 0.581. The maximum atomic E-state index is 13.4. The van der Waals surface area contributed by atoms with E-state index in [1.165, 1.54) is 24.3 Å². The molecule has 0 aliphatic heterocycles. The van der Waals surface area contributed by atoms with Crippen molar-refractivity contribution in [3.05, 3.63) is 81.6 Å². The third-order valence-electron chi connectivity index (χ3n) is 2.96. The summed E-state index contributed by atoms with van der Waals surface area (Å²) in [5, 5.41) is 2.00. The molecule has 25 heavy (non-hydrogen) atoms. The largest absolute Gasteiger partial charge is 0.254 e. The molecule has 2 unspecified atom stereocenters. The van der Waals surface area contributed by atoms with E-state index in [-0.39, 0.29) is 16.2 Å². The maximum Gasteiger partial charge on any atom is 0.133 e. The minimum atomic E-state index is -1.68. The fraction of sp³-hybridized carbons (Fsp3) is 0.0588. The Morgan fingerprint density at radius 3 is 1.48 bits per heavy atom. The smallest absolute Gasteiger partial charge is 0.133 e. The normalized spacial score (nSPS) is 14.2. The van der Waals surface area contributed by atoms with Gasteiger partial charge in [-0.2, -0.15) is 0 Å². The molecule has 0 bridgehead atoms. The van der Waals surface area contributed by atoms with E-state index in [0.29, 0.717) is 12.1 Å². The summed E-state index contributed by atoms with van der Waals surface area (Å²) in [7, 11) is -3.35. The molecule has 0 saturated heterocycles. The van der Waals surface area contributed by atoms with Crippen LogP contribution in [-0.2, 0) is 21.6 Å². The molecule has 0 radical (unpaired) electrons. The van der Waals surface area contributed by atoms with E-state index in [0.717, 1.165) is 22.9 Å². The van der Waals surface area contributed by atoms with Gasteiger partial charge in [-0.1, -0.05) is 0 Å². The first-order valence-corrected chi connectivity index (χ1v) is 9.62. The van der Waals surface area contributed by atoms with E-state index >= 15 is 0 Å². The van der Waals surface area contributed by atoms with Gasteiger partial charge in [0.05, 0.1) is 21.6 Å². The van der Waals surface area contributed by atoms with E-state index in [1.54, 1.807) is 0 Å². The van der Waals surface area contributed by atoms with Crippen LogP contribution >= 0.6 is 0 Å². The van der Waals surface area contributed by atoms with Crippen molar-refractivity contribution in [3.63, 3.8) is 0 Å². The first-order valence-electron chi connectivity index (χ1n) is 6.86. The van der Waals surface area contributed by atoms with Crippen molar-refractivity contribution in [1.82, 2.24) is 0 Å². The Morgan fingerprint density at radius 2 is 1.12 bits per heavy atom. The van der Waals surface area contributed by atoms with Gasteiger partial charge in [0, 0.05) is 34.1 Å². The van der Waals surface area contributed by atoms with Crippen LogP contribution in [0.4, 0.5) is 17.6 Å². The van der Waals surface area contributed by atoms with Gasteiger partial charge in [-0.05, 0) is 36.4 Å². The topological polar surface area (TPSA) is 34.1 Å². The van der Waals surface area contributed by atoms with Crippen LogP contribution in [0.1, 0.15) is 11.1 Å². The minimum absolute atomic E-state index is 0.0458. The standard InChI is InChI=1S/C17H12F4O2S2/c18-14-3-1-12(16(20)9-14)5-7-24(22)11-25(23)8-6-13-2-4-15(19)10-17(13)21/h1-10H,11H2/b7-5-,8-6+. The van der Waals surface area contributed by atoms with Gasteiger partial charge in [-0.15, -0.1) is 0 Å². The molecule has 0 aliphatic rings. The van der Waals surface area contributed by atoms with E-state index < -0.39 is 44.9 Å². The maximum absolute atomic E-state index is 13.4. The summed E-state index contributed by atoms with van der Waals surface area (Å²) in [5.41, 5.74) is 0.0916. The van der Waals surface area contributed by atoms with Crippen molar-refractivity contribution in [1.29, 1.82) is 0 Å². The van der Waals surface area contributed by atoms with Crippen LogP contribution in [0.2, 0.25) is 0 Å². The van der Waals surface area contributed by atoms with Crippen LogP contribution in [-0.4, -0.2) is 13.5 Å². The van der Waals surface area contributed by atoms with Gasteiger partial charge in [0.2, 0.25) is 0 Å². The van der Waals surface area contributed by atoms with Gasteiger partial charge < -0.3 is 0 Å². The summed E-state index contributed by atoms with van der Waals surface area (Å²) in [5.74, 6) is -3.06. The average molecular weight is 388 g/mol. The highest BCUT2D eigenvalue weighted by Gasteiger charge is 2.05. The molecule has 8 heteroatoms. The Balaban J connectivity index is 1.96. The predicted octanol–water partition coefficient (Wildman–Crippen LogP) is 4.34. The summed E-state index contributed by atoms with van der Waals surface area (Å²) >= 11 is 0. The van der Waals surface area contributed by atoms with Crippen LogP contribution in [0.25, 0.3) is 12.2 Å². The predicted molar refractivity (Wildman–Crippen MR) is 91.9 cm³/mol. The lowest BCUT2D eigenvalue weighted by atomic mass is 10.2. The molecule has 0 amide bonds. The first-order chi connectivity index (χ1) is 11.8. The highest BCUT2D eigenvalue weighted by molar-refractivity contribution is 8.04. The van der Waals surface area contributed by atoms with Crippen molar-refractivity contribution in [2.24, 2.45) is 0 Å². The molecule has 0 spiro atoms. The Hall–Kier alpha value is -2.06. The molecule has 0 N–H and O–H groups in total. The second-order valence-electron chi connectivity index (χ2n) is 4.82. The van der Waals surface area contributed by atoms with Crippen molar-refractivity contribution in [2.75, 3.05) is 5.08 Å². The third-order valence-corrected chi connectivity index (χ3v) is 5.69. The third kappa shape index (κ3) is 6.06. The van der Waals surface area contributed by atoms with Gasteiger partial charge in [0.1, 0.15) is 28.4 Å². The summed E-state index contributed by atoms with van der Waals surface area (Å²) in [6.45, 7) is 0. The second kappa shape index (κ2) is 8.87. The van der Waals surface area contributed by atoms with Crippen molar-refractivity contribution < 1.29 is 26.0 Å². The molecule has 0 saturated carbocycles. The van der Waals surface area contributed by atoms with Crippen molar-refractivity contribution in [3.8, 4) is 0 Å². The van der Waals surface area contributed by atoms with Crippen molar-refractivity contribution in [2.45, 2.75) is 0 Å². The minimum Gasteiger partial charge on any atom is -0.254 e. The Labute approximate surface area is 146 Å². The highest BCUT2D eigenvalue weighted by Crippen LogP contribution is 2.13. The quantitative estimate of drug-likeness (QED) is 0.690. The molecular weight excluding hydrogens is 376 g/mol. The fourth-order valence-electron chi connectivity index (χ4n) is 1.76. The van der Waals surface area contributed by atoms with Crippen LogP contribution in [0, 0.1) is 23.3 Å². The molecule has 2 aromatic rings. The van der Waals surface area contributed by atoms with Crippen LogP contribution < -0.4 is 0 Å². The van der Waals surface area contributed by atoms with Gasteiger partial charge in [-0.25, -0.2) is 17.6 Å². The SMILES string of the molecule is O=S(/C=C\c1ccc(F)cc1F)CS(=O)/C=C/c1ccc(F)cc1F. The van der Waals surface area contributed by atoms with E-state index in [1.807, 2.05) is 0 Å². The Kier molecular flexibility index (Phi) is 6.83. The average Bonchev–Trinajstić information content (AvgIpc) is 2.53. The fourth-order valence-corrected chi connectivity index (χ4v) is 3.91. The molecule has 2 rings (SSSR count). The summed E-state index contributed by atoms with van der Waals surface area (Å²) in [6.07, 6.45) is 2.40. The van der Waals surface area contributed by atoms with Gasteiger partial charge in [0.25, 0.3) is 0 Å². The van der Waals surface area contributed by atoms with Gasteiger partial charge in [-0.3, -0.25) is 8.42 Å². The molecule has 2 nitrogen and oxygen atoms in total. The lowest BCUT2D eigenvalue weighted by Crippen LogP contribution is -1.99. The molecule has 2 aromatic carbocycles. The van der Waals surface area contributed by atoms with E-state index in [9.17, 15) is 26.0 Å². The number of halogens is 4. The van der Waals surface area contributed by atoms with Crippen LogP contribution in [0.3, 0.4) is 0 Å². The van der Waals surface area contributed by atoms with Crippen LogP contribution in [0.15, 0.2) is 47.2 Å². The zero-order valence-corrected chi connectivity index (χ0v) is 14.3. The summed E-state index contributed by atoms with van der Waals surface area (Å²) < 4.78 is 76.0. The van der Waals surface area contributed by atoms with Crippen molar-refractivity contribution >= 4 is 33.8 Å². The van der Waals surface area contributed by atoms with Gasteiger partial charge in [0.15, 0.2) is 0 Å². The number of hydrogen-bond acceptors (Lipinski definition) is 2. The lowest BCUT2D eigenvalue weighted by Gasteiger charge is -1.98. The second-order valence-corrected chi connectivity index (χ2v) is 7.83. The molecule has 0 heterocycles. The van der Waals surface area contributed by atoms with Crippen LogP contribution in [0.5, 0.6) is 0 Å². The molecular formula is C17H12F4O2S2. The Bertz CT molecular complexity index is 807. The van der Waals surface area contributed by atoms with E-state index in [4.69, 9.17) is 0 Å². The zero-order chi connectivity index (χ0) is 18.4. The molecule has 2 atom stereocenters. The molecule has 0 aliphatic carbocycles. The number of hydrogen-bond donors (Lipinski definition) is 0. The number of benzene rings is 2. The summed E-state index contributed by atoms with van der Waals surface area (Å²) in [6, 6.07) is 5.88. The number of rotatable bonds is 6. The Morgan fingerprint density at radius 1 is 0.720 bits per heavy atom. The van der Waals surface area contributed by atoms with E-state index in [2.05, 4.69) is 0 Å². The summed E-state index contributed by atoms with van der Waals surface area (Å²) in [4.78, 5) is 0. The molecule has 0 fully saturated rings. The highest BCUT2D eigenvalue weighted by atomic mass is 32.2. The monoisotopic (exact) mass is 388 g/mol. The molecule has 0 aromatic heterocycles. The first kappa shape index (κ1) is 19.3. The zero-order valence-electron chi connectivity index (χ0n) is 12.6. The van der Waals surface area contributed by atoms with Gasteiger partial charge >= 0.3 is 0 Å².